The minimum atomic E-state index is -0.620. The molecule has 1 amide bonds. The number of nitrogens with zero attached hydrogens (tertiary/aromatic N) is 1. The predicted octanol–water partition coefficient (Wildman–Crippen LogP) is 4.59. The molecule has 3 rings (SSSR count). The van der Waals surface area contributed by atoms with Gasteiger partial charge in [-0.05, 0) is 19.1 Å². The maximum Gasteiger partial charge on any atom is 0.260 e. The molecule has 6 heteroatoms. The van der Waals surface area contributed by atoms with Gasteiger partial charge >= 0.3 is 0 Å². The summed E-state index contributed by atoms with van der Waals surface area (Å²) in [5.74, 6) is 0.326. The molecule has 0 bridgehead atoms. The van der Waals surface area contributed by atoms with Gasteiger partial charge in [0.2, 0.25) is 0 Å². The molecule has 0 spiro atoms. The topological polar surface area (TPSA) is 51.2 Å². The Bertz CT molecular complexity index is 867. The van der Waals surface area contributed by atoms with Crippen molar-refractivity contribution in [3.63, 3.8) is 0 Å². The van der Waals surface area contributed by atoms with Crippen molar-refractivity contribution in [2.75, 3.05) is 6.54 Å². The SMILES string of the molecule is C[C@H](Oc1ccccc1Cl)C(=O)NCCc1csc(-c2ccccc2)n1. The number of hydrogen-bond acceptors (Lipinski definition) is 4. The van der Waals surface area contributed by atoms with Crippen molar-refractivity contribution < 1.29 is 9.53 Å². The monoisotopic (exact) mass is 386 g/mol. The fourth-order valence-electron chi connectivity index (χ4n) is 2.38. The summed E-state index contributed by atoms with van der Waals surface area (Å²) in [6.07, 6.45) is 0.0543. The minimum absolute atomic E-state index is 0.177. The second-order valence-corrected chi connectivity index (χ2v) is 7.01. The Labute approximate surface area is 161 Å². The van der Waals surface area contributed by atoms with Crippen LogP contribution in [0, 0.1) is 0 Å². The van der Waals surface area contributed by atoms with Crippen molar-refractivity contribution in [3.05, 3.63) is 70.7 Å². The van der Waals surface area contributed by atoms with Gasteiger partial charge in [-0.3, -0.25) is 4.79 Å². The Hall–Kier alpha value is -2.37. The number of aromatic nitrogens is 1. The third kappa shape index (κ3) is 4.84. The summed E-state index contributed by atoms with van der Waals surface area (Å²) in [7, 11) is 0. The Balaban J connectivity index is 1.48. The number of para-hydroxylation sites is 1. The lowest BCUT2D eigenvalue weighted by Crippen LogP contribution is -2.37. The van der Waals surface area contributed by atoms with Gasteiger partial charge in [0, 0.05) is 23.9 Å². The van der Waals surface area contributed by atoms with Crippen molar-refractivity contribution >= 4 is 28.8 Å². The van der Waals surface area contributed by atoms with Crippen LogP contribution in [0.4, 0.5) is 0 Å². The van der Waals surface area contributed by atoms with Crippen LogP contribution in [0.3, 0.4) is 0 Å². The van der Waals surface area contributed by atoms with Gasteiger partial charge in [-0.25, -0.2) is 4.98 Å². The fraction of sp³-hybridized carbons (Fsp3) is 0.200. The van der Waals surface area contributed by atoms with Crippen LogP contribution in [-0.4, -0.2) is 23.5 Å². The highest BCUT2D eigenvalue weighted by atomic mass is 35.5. The number of benzene rings is 2. The highest BCUT2D eigenvalue weighted by Gasteiger charge is 2.15. The maximum atomic E-state index is 12.2. The lowest BCUT2D eigenvalue weighted by Gasteiger charge is -2.15. The molecule has 1 heterocycles. The van der Waals surface area contributed by atoms with E-state index in [4.69, 9.17) is 16.3 Å². The molecule has 0 aliphatic rings. The Morgan fingerprint density at radius 2 is 1.92 bits per heavy atom. The highest BCUT2D eigenvalue weighted by Crippen LogP contribution is 2.24. The fourth-order valence-corrected chi connectivity index (χ4v) is 3.42. The van der Waals surface area contributed by atoms with E-state index >= 15 is 0 Å². The largest absolute Gasteiger partial charge is 0.479 e. The molecule has 134 valence electrons. The van der Waals surface area contributed by atoms with Gasteiger partial charge in [-0.15, -0.1) is 11.3 Å². The number of amides is 1. The average molecular weight is 387 g/mol. The first-order chi connectivity index (χ1) is 12.6. The van der Waals surface area contributed by atoms with Gasteiger partial charge < -0.3 is 10.1 Å². The Morgan fingerprint density at radius 1 is 1.19 bits per heavy atom. The number of rotatable bonds is 7. The first-order valence-corrected chi connectivity index (χ1v) is 9.58. The number of ether oxygens (including phenoxy) is 1. The van der Waals surface area contributed by atoms with Crippen molar-refractivity contribution in [2.45, 2.75) is 19.4 Å². The summed E-state index contributed by atoms with van der Waals surface area (Å²) < 4.78 is 5.61. The molecule has 0 aliphatic carbocycles. The van der Waals surface area contributed by atoms with Crippen LogP contribution >= 0.6 is 22.9 Å². The maximum absolute atomic E-state index is 12.2. The van der Waals surface area contributed by atoms with Gasteiger partial charge in [0.15, 0.2) is 6.10 Å². The zero-order chi connectivity index (χ0) is 18.4. The second kappa shape index (κ2) is 8.83. The first-order valence-electron chi connectivity index (χ1n) is 8.32. The summed E-state index contributed by atoms with van der Waals surface area (Å²) in [6, 6.07) is 17.2. The normalized spacial score (nSPS) is 11.8. The number of carbonyl (C=O) groups excluding carboxylic acids is 1. The number of nitrogens with one attached hydrogen (secondary N) is 1. The summed E-state index contributed by atoms with van der Waals surface area (Å²) in [5, 5.41) is 6.38. The standard InChI is InChI=1S/C20H19ClN2O2S/c1-14(25-18-10-6-5-9-17(18)21)19(24)22-12-11-16-13-26-20(23-16)15-7-3-2-4-8-15/h2-10,13-14H,11-12H2,1H3,(H,22,24)/t14-/m0/s1. The molecule has 0 saturated carbocycles. The van der Waals surface area contributed by atoms with E-state index in [1.54, 1.807) is 30.4 Å². The minimum Gasteiger partial charge on any atom is -0.479 e. The first kappa shape index (κ1) is 18.4. The van der Waals surface area contributed by atoms with E-state index in [9.17, 15) is 4.79 Å². The number of carbonyl (C=O) groups is 1. The molecule has 1 aromatic heterocycles. The van der Waals surface area contributed by atoms with Gasteiger partial charge in [0.1, 0.15) is 10.8 Å². The average Bonchev–Trinajstić information content (AvgIpc) is 3.13. The molecule has 26 heavy (non-hydrogen) atoms. The van der Waals surface area contributed by atoms with Gasteiger partial charge in [-0.2, -0.15) is 0 Å². The van der Waals surface area contributed by atoms with E-state index < -0.39 is 6.10 Å². The van der Waals surface area contributed by atoms with E-state index in [-0.39, 0.29) is 5.91 Å². The summed E-state index contributed by atoms with van der Waals surface area (Å²) in [5.41, 5.74) is 2.07. The van der Waals surface area contributed by atoms with Crippen LogP contribution in [0.2, 0.25) is 5.02 Å². The lowest BCUT2D eigenvalue weighted by atomic mass is 10.2. The van der Waals surface area contributed by atoms with Crippen LogP contribution in [0.1, 0.15) is 12.6 Å². The third-order valence-electron chi connectivity index (χ3n) is 3.76. The van der Waals surface area contributed by atoms with Crippen molar-refractivity contribution in [1.29, 1.82) is 0 Å². The number of hydrogen-bond donors (Lipinski definition) is 1. The van der Waals surface area contributed by atoms with Gasteiger partial charge in [0.25, 0.3) is 5.91 Å². The van der Waals surface area contributed by atoms with Crippen LogP contribution in [-0.2, 0) is 11.2 Å². The molecular formula is C20H19ClN2O2S. The summed E-state index contributed by atoms with van der Waals surface area (Å²) in [4.78, 5) is 16.8. The molecule has 1 N–H and O–H groups in total. The summed E-state index contributed by atoms with van der Waals surface area (Å²) in [6.45, 7) is 2.21. The van der Waals surface area contributed by atoms with Crippen LogP contribution in [0.25, 0.3) is 10.6 Å². The molecular weight excluding hydrogens is 368 g/mol. The van der Waals surface area contributed by atoms with E-state index in [2.05, 4.69) is 10.3 Å². The summed E-state index contributed by atoms with van der Waals surface area (Å²) >= 11 is 7.65. The van der Waals surface area contributed by atoms with E-state index in [0.717, 1.165) is 16.3 Å². The molecule has 0 unspecified atom stereocenters. The molecule has 0 aliphatic heterocycles. The Morgan fingerprint density at radius 3 is 2.69 bits per heavy atom. The predicted molar refractivity (Wildman–Crippen MR) is 106 cm³/mol. The van der Waals surface area contributed by atoms with Crippen LogP contribution in [0.15, 0.2) is 60.0 Å². The second-order valence-electron chi connectivity index (χ2n) is 5.74. The van der Waals surface area contributed by atoms with Crippen molar-refractivity contribution in [1.82, 2.24) is 10.3 Å². The van der Waals surface area contributed by atoms with Crippen molar-refractivity contribution in [2.24, 2.45) is 0 Å². The molecule has 1 atom stereocenters. The lowest BCUT2D eigenvalue weighted by molar-refractivity contribution is -0.127. The smallest absolute Gasteiger partial charge is 0.260 e. The molecule has 4 nitrogen and oxygen atoms in total. The van der Waals surface area contributed by atoms with Crippen LogP contribution < -0.4 is 10.1 Å². The van der Waals surface area contributed by atoms with E-state index in [1.165, 1.54) is 0 Å². The third-order valence-corrected chi connectivity index (χ3v) is 5.01. The number of thiazole rings is 1. The molecule has 0 saturated heterocycles. The van der Waals surface area contributed by atoms with Crippen LogP contribution in [0.5, 0.6) is 5.75 Å². The zero-order valence-electron chi connectivity index (χ0n) is 14.3. The number of halogens is 1. The van der Waals surface area contributed by atoms with Crippen molar-refractivity contribution in [3.8, 4) is 16.3 Å². The Kier molecular flexibility index (Phi) is 6.26. The molecule has 2 aromatic carbocycles. The molecule has 0 radical (unpaired) electrons. The highest BCUT2D eigenvalue weighted by molar-refractivity contribution is 7.13. The van der Waals surface area contributed by atoms with Gasteiger partial charge in [-0.1, -0.05) is 54.1 Å². The quantitative estimate of drug-likeness (QED) is 0.646. The van der Waals surface area contributed by atoms with Gasteiger partial charge in [0.05, 0.1) is 10.7 Å². The van der Waals surface area contributed by atoms with E-state index in [1.807, 2.05) is 47.8 Å². The molecule has 0 fully saturated rings. The molecule has 3 aromatic rings. The zero-order valence-corrected chi connectivity index (χ0v) is 15.9. The van der Waals surface area contributed by atoms with E-state index in [0.29, 0.717) is 23.7 Å².